The van der Waals surface area contributed by atoms with Gasteiger partial charge in [0.25, 0.3) is 0 Å². The van der Waals surface area contributed by atoms with Crippen LogP contribution in [0.4, 0.5) is 0 Å². The van der Waals surface area contributed by atoms with Crippen LogP contribution in [-0.4, -0.2) is 41.1 Å². The number of nitrogens with zero attached hydrogens (tertiary/aromatic N) is 3. The SMILES string of the molecule is CCCNCc1cncn1CC1CCN(C)C1. The second-order valence-corrected chi connectivity index (χ2v) is 5.13. The van der Waals surface area contributed by atoms with Crippen LogP contribution in [0.25, 0.3) is 0 Å². The molecular formula is C13H24N4. The van der Waals surface area contributed by atoms with Gasteiger partial charge in [-0.3, -0.25) is 0 Å². The molecule has 96 valence electrons. The smallest absolute Gasteiger partial charge is 0.0948 e. The maximum Gasteiger partial charge on any atom is 0.0948 e. The summed E-state index contributed by atoms with van der Waals surface area (Å²) in [5.41, 5.74) is 1.31. The van der Waals surface area contributed by atoms with E-state index in [1.807, 2.05) is 12.5 Å². The topological polar surface area (TPSA) is 33.1 Å². The molecule has 0 radical (unpaired) electrons. The maximum atomic E-state index is 4.27. The lowest BCUT2D eigenvalue weighted by Gasteiger charge is -2.14. The molecular weight excluding hydrogens is 212 g/mol. The first-order valence-corrected chi connectivity index (χ1v) is 6.68. The standard InChI is InChI=1S/C13H24N4/c1-3-5-14-7-13-8-15-11-17(13)10-12-4-6-16(2)9-12/h8,11-12,14H,3-7,9-10H2,1-2H3. The molecule has 1 fully saturated rings. The van der Waals surface area contributed by atoms with Crippen LogP contribution in [0, 0.1) is 5.92 Å². The summed E-state index contributed by atoms with van der Waals surface area (Å²) >= 11 is 0. The van der Waals surface area contributed by atoms with Crippen molar-refractivity contribution < 1.29 is 0 Å². The molecule has 2 heterocycles. The summed E-state index contributed by atoms with van der Waals surface area (Å²) in [5.74, 6) is 0.791. The van der Waals surface area contributed by atoms with Crippen LogP contribution in [0.15, 0.2) is 12.5 Å². The van der Waals surface area contributed by atoms with Crippen molar-refractivity contribution in [1.82, 2.24) is 19.8 Å². The lowest BCUT2D eigenvalue weighted by atomic mass is 10.1. The van der Waals surface area contributed by atoms with Crippen molar-refractivity contribution in [3.05, 3.63) is 18.2 Å². The van der Waals surface area contributed by atoms with E-state index in [0.717, 1.165) is 25.6 Å². The number of imidazole rings is 1. The number of likely N-dealkylation sites (tertiary alicyclic amines) is 1. The van der Waals surface area contributed by atoms with Gasteiger partial charge in [-0.25, -0.2) is 4.98 Å². The molecule has 0 saturated carbocycles. The average molecular weight is 236 g/mol. The van der Waals surface area contributed by atoms with E-state index < -0.39 is 0 Å². The molecule has 1 aromatic rings. The van der Waals surface area contributed by atoms with E-state index in [1.54, 1.807) is 0 Å². The van der Waals surface area contributed by atoms with E-state index in [9.17, 15) is 0 Å². The number of rotatable bonds is 6. The number of aromatic nitrogens is 2. The third-order valence-corrected chi connectivity index (χ3v) is 3.48. The minimum atomic E-state index is 0.791. The number of nitrogens with one attached hydrogen (secondary N) is 1. The normalized spacial score (nSPS) is 21.2. The maximum absolute atomic E-state index is 4.27. The molecule has 1 aliphatic rings. The molecule has 0 amide bonds. The first-order chi connectivity index (χ1) is 8.29. The Morgan fingerprint density at radius 3 is 3.12 bits per heavy atom. The van der Waals surface area contributed by atoms with Crippen molar-refractivity contribution in [2.75, 3.05) is 26.7 Å². The van der Waals surface area contributed by atoms with E-state index in [2.05, 4.69) is 33.7 Å². The predicted molar refractivity (Wildman–Crippen MR) is 69.8 cm³/mol. The van der Waals surface area contributed by atoms with Crippen LogP contribution >= 0.6 is 0 Å². The minimum Gasteiger partial charge on any atom is -0.333 e. The van der Waals surface area contributed by atoms with Crippen LogP contribution in [0.2, 0.25) is 0 Å². The van der Waals surface area contributed by atoms with Crippen LogP contribution in [0.5, 0.6) is 0 Å². The molecule has 1 atom stereocenters. The van der Waals surface area contributed by atoms with E-state index in [-0.39, 0.29) is 0 Å². The third kappa shape index (κ3) is 3.54. The van der Waals surface area contributed by atoms with Gasteiger partial charge in [0.1, 0.15) is 0 Å². The second-order valence-electron chi connectivity index (χ2n) is 5.13. The zero-order valence-corrected chi connectivity index (χ0v) is 11.0. The van der Waals surface area contributed by atoms with Gasteiger partial charge in [0.15, 0.2) is 0 Å². The van der Waals surface area contributed by atoms with Gasteiger partial charge in [0, 0.05) is 25.8 Å². The fraction of sp³-hybridized carbons (Fsp3) is 0.769. The first-order valence-electron chi connectivity index (χ1n) is 6.68. The zero-order valence-electron chi connectivity index (χ0n) is 11.0. The van der Waals surface area contributed by atoms with Gasteiger partial charge >= 0.3 is 0 Å². The second kappa shape index (κ2) is 6.17. The van der Waals surface area contributed by atoms with Crippen LogP contribution in [-0.2, 0) is 13.1 Å². The molecule has 0 spiro atoms. The van der Waals surface area contributed by atoms with Gasteiger partial charge in [0.05, 0.1) is 12.0 Å². The molecule has 0 bridgehead atoms. The number of hydrogen-bond acceptors (Lipinski definition) is 3. The summed E-state index contributed by atoms with van der Waals surface area (Å²) in [6.45, 7) is 7.79. The lowest BCUT2D eigenvalue weighted by molar-refractivity contribution is 0.375. The van der Waals surface area contributed by atoms with Crippen molar-refractivity contribution in [2.24, 2.45) is 5.92 Å². The monoisotopic (exact) mass is 236 g/mol. The van der Waals surface area contributed by atoms with Crippen LogP contribution < -0.4 is 5.32 Å². The molecule has 17 heavy (non-hydrogen) atoms. The zero-order chi connectivity index (χ0) is 12.1. The summed E-state index contributed by atoms with van der Waals surface area (Å²) in [5, 5.41) is 3.44. The fourth-order valence-electron chi connectivity index (χ4n) is 2.51. The highest BCUT2D eigenvalue weighted by atomic mass is 15.1. The Labute approximate surface area is 104 Å². The Morgan fingerprint density at radius 1 is 1.53 bits per heavy atom. The van der Waals surface area contributed by atoms with Crippen molar-refractivity contribution in [3.63, 3.8) is 0 Å². The minimum absolute atomic E-state index is 0.791. The Kier molecular flexibility index (Phi) is 4.57. The fourth-order valence-corrected chi connectivity index (χ4v) is 2.51. The van der Waals surface area contributed by atoms with E-state index in [4.69, 9.17) is 0 Å². The highest BCUT2D eigenvalue weighted by molar-refractivity contribution is 4.98. The van der Waals surface area contributed by atoms with Crippen molar-refractivity contribution in [1.29, 1.82) is 0 Å². The van der Waals surface area contributed by atoms with Gasteiger partial charge in [-0.1, -0.05) is 6.92 Å². The Hall–Kier alpha value is -0.870. The lowest BCUT2D eigenvalue weighted by Crippen LogP contribution is -2.20. The molecule has 1 aromatic heterocycles. The van der Waals surface area contributed by atoms with Crippen molar-refractivity contribution >= 4 is 0 Å². The summed E-state index contributed by atoms with van der Waals surface area (Å²) in [6, 6.07) is 0. The Balaban J connectivity index is 1.85. The molecule has 0 aromatic carbocycles. The van der Waals surface area contributed by atoms with E-state index >= 15 is 0 Å². The van der Waals surface area contributed by atoms with Gasteiger partial charge in [-0.05, 0) is 38.9 Å². The molecule has 1 N–H and O–H groups in total. The van der Waals surface area contributed by atoms with Crippen LogP contribution in [0.1, 0.15) is 25.5 Å². The average Bonchev–Trinajstić information content (AvgIpc) is 2.90. The van der Waals surface area contributed by atoms with Gasteiger partial charge in [0.2, 0.25) is 0 Å². The summed E-state index contributed by atoms with van der Waals surface area (Å²) in [6.07, 6.45) is 6.46. The predicted octanol–water partition coefficient (Wildman–Crippen LogP) is 1.33. The molecule has 4 heteroatoms. The summed E-state index contributed by atoms with van der Waals surface area (Å²) in [4.78, 5) is 6.68. The summed E-state index contributed by atoms with van der Waals surface area (Å²) < 4.78 is 2.31. The Bertz CT molecular complexity index is 334. The molecule has 1 saturated heterocycles. The first kappa shape index (κ1) is 12.6. The molecule has 4 nitrogen and oxygen atoms in total. The van der Waals surface area contributed by atoms with Crippen molar-refractivity contribution in [3.8, 4) is 0 Å². The number of hydrogen-bond donors (Lipinski definition) is 1. The largest absolute Gasteiger partial charge is 0.333 e. The van der Waals surface area contributed by atoms with Gasteiger partial charge < -0.3 is 14.8 Å². The molecule has 2 rings (SSSR count). The Morgan fingerprint density at radius 2 is 2.41 bits per heavy atom. The van der Waals surface area contributed by atoms with E-state index in [0.29, 0.717) is 0 Å². The quantitative estimate of drug-likeness (QED) is 0.757. The highest BCUT2D eigenvalue weighted by Crippen LogP contribution is 2.17. The molecule has 1 aliphatic heterocycles. The van der Waals surface area contributed by atoms with Crippen molar-refractivity contribution in [2.45, 2.75) is 32.9 Å². The van der Waals surface area contributed by atoms with Gasteiger partial charge in [-0.2, -0.15) is 0 Å². The highest BCUT2D eigenvalue weighted by Gasteiger charge is 2.20. The summed E-state index contributed by atoms with van der Waals surface area (Å²) in [7, 11) is 2.21. The molecule has 1 unspecified atom stereocenters. The third-order valence-electron chi connectivity index (χ3n) is 3.48. The molecule has 0 aliphatic carbocycles. The van der Waals surface area contributed by atoms with Crippen LogP contribution in [0.3, 0.4) is 0 Å². The van der Waals surface area contributed by atoms with E-state index in [1.165, 1.54) is 31.6 Å². The van der Waals surface area contributed by atoms with Gasteiger partial charge in [-0.15, -0.1) is 0 Å².